The summed E-state index contributed by atoms with van der Waals surface area (Å²) >= 11 is 3.21. The quantitative estimate of drug-likeness (QED) is 0.706. The summed E-state index contributed by atoms with van der Waals surface area (Å²) in [5, 5.41) is 8.57. The molecule has 0 aliphatic heterocycles. The molecule has 0 atom stereocenters. The van der Waals surface area contributed by atoms with E-state index in [9.17, 15) is 4.79 Å². The Labute approximate surface area is 98.6 Å². The van der Waals surface area contributed by atoms with Gasteiger partial charge in [-0.15, -0.1) is 5.10 Å². The van der Waals surface area contributed by atoms with E-state index >= 15 is 0 Å². The van der Waals surface area contributed by atoms with Crippen molar-refractivity contribution in [1.29, 1.82) is 0 Å². The minimum absolute atomic E-state index is 0.0235. The Kier molecular flexibility index (Phi) is 2.82. The highest BCUT2D eigenvalue weighted by Gasteiger charge is 2.12. The van der Waals surface area contributed by atoms with Gasteiger partial charge in [0.15, 0.2) is 0 Å². The number of H-pyrrole nitrogens is 1. The maximum Gasteiger partial charge on any atom is 0.293 e. The molecule has 2 heterocycles. The van der Waals surface area contributed by atoms with E-state index in [0.29, 0.717) is 10.3 Å². The smallest absolute Gasteiger partial charge is 0.293 e. The van der Waals surface area contributed by atoms with Crippen LogP contribution >= 0.6 is 15.9 Å². The van der Waals surface area contributed by atoms with Crippen LogP contribution in [0, 0.1) is 0 Å². The minimum atomic E-state index is -0.432. The third-order valence-electron chi connectivity index (χ3n) is 1.73. The van der Waals surface area contributed by atoms with Crippen LogP contribution in [0.2, 0.25) is 0 Å². The van der Waals surface area contributed by atoms with Crippen LogP contribution in [0.3, 0.4) is 0 Å². The molecule has 2 aromatic heterocycles. The Morgan fingerprint density at radius 1 is 1.56 bits per heavy atom. The van der Waals surface area contributed by atoms with Gasteiger partial charge in [0.25, 0.3) is 5.91 Å². The van der Waals surface area contributed by atoms with Crippen LogP contribution in [0.4, 0.5) is 11.6 Å². The van der Waals surface area contributed by atoms with Crippen LogP contribution in [0.5, 0.6) is 0 Å². The van der Waals surface area contributed by atoms with Gasteiger partial charge in [0.2, 0.25) is 11.8 Å². The van der Waals surface area contributed by atoms with E-state index in [1.54, 1.807) is 18.3 Å². The number of hydrogen-bond acceptors (Lipinski definition) is 5. The van der Waals surface area contributed by atoms with Crippen molar-refractivity contribution >= 4 is 33.5 Å². The fraction of sp³-hybridized carbons (Fsp3) is 0. The molecular formula is C8H7BrN6O. The third kappa shape index (κ3) is 2.16. The summed E-state index contributed by atoms with van der Waals surface area (Å²) in [6.07, 6.45) is 1.60. The Morgan fingerprint density at radius 3 is 3.00 bits per heavy atom. The SMILES string of the molecule is Nc1n[nH]c(C(=O)Nc2cccnc2Br)n1. The first kappa shape index (κ1) is 10.6. The van der Waals surface area contributed by atoms with Gasteiger partial charge in [-0.1, -0.05) is 0 Å². The molecule has 0 fully saturated rings. The summed E-state index contributed by atoms with van der Waals surface area (Å²) in [7, 11) is 0. The van der Waals surface area contributed by atoms with Gasteiger partial charge in [0.1, 0.15) is 4.60 Å². The van der Waals surface area contributed by atoms with E-state index in [1.165, 1.54) is 0 Å². The highest BCUT2D eigenvalue weighted by molar-refractivity contribution is 9.10. The van der Waals surface area contributed by atoms with Gasteiger partial charge in [-0.05, 0) is 28.1 Å². The number of amides is 1. The van der Waals surface area contributed by atoms with E-state index in [4.69, 9.17) is 5.73 Å². The lowest BCUT2D eigenvalue weighted by Crippen LogP contribution is -2.14. The molecule has 7 nitrogen and oxygen atoms in total. The summed E-state index contributed by atoms with van der Waals surface area (Å²) in [6, 6.07) is 3.41. The van der Waals surface area contributed by atoms with Gasteiger partial charge in [-0.2, -0.15) is 4.98 Å². The number of nitrogens with zero attached hydrogens (tertiary/aromatic N) is 3. The molecule has 0 spiro atoms. The number of nitrogens with two attached hydrogens (primary N) is 1. The lowest BCUT2D eigenvalue weighted by molar-refractivity contribution is 0.101. The molecule has 0 unspecified atom stereocenters. The molecule has 0 aromatic carbocycles. The predicted octanol–water partition coefficient (Wildman–Crippen LogP) is 0.797. The van der Waals surface area contributed by atoms with Crippen LogP contribution in [0.1, 0.15) is 10.6 Å². The van der Waals surface area contributed by atoms with Crippen molar-refractivity contribution in [3.05, 3.63) is 28.8 Å². The zero-order valence-corrected chi connectivity index (χ0v) is 9.52. The molecule has 16 heavy (non-hydrogen) atoms. The fourth-order valence-corrected chi connectivity index (χ4v) is 1.39. The number of aromatic nitrogens is 4. The number of rotatable bonds is 2. The molecule has 8 heteroatoms. The molecule has 0 aliphatic carbocycles. The number of nitrogens with one attached hydrogen (secondary N) is 2. The molecule has 0 saturated heterocycles. The van der Waals surface area contributed by atoms with Gasteiger partial charge in [0.05, 0.1) is 5.69 Å². The second kappa shape index (κ2) is 4.27. The number of nitrogen functional groups attached to an aromatic ring is 1. The fourth-order valence-electron chi connectivity index (χ4n) is 1.04. The summed E-state index contributed by atoms with van der Waals surface area (Å²) in [5.41, 5.74) is 5.83. The van der Waals surface area contributed by atoms with Crippen molar-refractivity contribution in [3.8, 4) is 0 Å². The molecule has 2 aromatic rings. The number of hydrogen-bond donors (Lipinski definition) is 3. The van der Waals surface area contributed by atoms with Crippen molar-refractivity contribution in [2.24, 2.45) is 0 Å². The Morgan fingerprint density at radius 2 is 2.38 bits per heavy atom. The maximum atomic E-state index is 11.6. The average molecular weight is 283 g/mol. The molecule has 0 radical (unpaired) electrons. The van der Waals surface area contributed by atoms with Crippen molar-refractivity contribution in [1.82, 2.24) is 20.2 Å². The number of anilines is 2. The molecule has 4 N–H and O–H groups in total. The lowest BCUT2D eigenvalue weighted by Gasteiger charge is -2.03. The number of halogens is 1. The first-order chi connectivity index (χ1) is 7.66. The van der Waals surface area contributed by atoms with E-state index in [-0.39, 0.29) is 11.8 Å². The zero-order valence-electron chi connectivity index (χ0n) is 7.94. The summed E-state index contributed by atoms with van der Waals surface area (Å²) in [6.45, 7) is 0. The van der Waals surface area contributed by atoms with Crippen molar-refractivity contribution in [2.75, 3.05) is 11.1 Å². The van der Waals surface area contributed by atoms with Gasteiger partial charge in [-0.25, -0.2) is 4.98 Å². The first-order valence-corrected chi connectivity index (χ1v) is 5.06. The van der Waals surface area contributed by atoms with Crippen LogP contribution < -0.4 is 11.1 Å². The van der Waals surface area contributed by atoms with Gasteiger partial charge in [-0.3, -0.25) is 9.89 Å². The summed E-state index contributed by atoms with van der Waals surface area (Å²) in [5.74, 6) is -0.360. The number of carbonyl (C=O) groups excluding carboxylic acids is 1. The average Bonchev–Trinajstić information content (AvgIpc) is 2.68. The van der Waals surface area contributed by atoms with Gasteiger partial charge < -0.3 is 11.1 Å². The number of pyridine rings is 1. The minimum Gasteiger partial charge on any atom is -0.366 e. The highest BCUT2D eigenvalue weighted by atomic mass is 79.9. The third-order valence-corrected chi connectivity index (χ3v) is 2.36. The van der Waals surface area contributed by atoms with Gasteiger partial charge in [0, 0.05) is 6.20 Å². The maximum absolute atomic E-state index is 11.6. The Balaban J connectivity index is 2.17. The Bertz CT molecular complexity index is 525. The lowest BCUT2D eigenvalue weighted by atomic mass is 10.4. The molecule has 0 saturated carbocycles. The molecule has 1 amide bonds. The number of aromatic amines is 1. The second-order valence-corrected chi connectivity index (χ2v) is 3.59. The molecule has 2 rings (SSSR count). The zero-order chi connectivity index (χ0) is 11.5. The second-order valence-electron chi connectivity index (χ2n) is 2.84. The normalized spacial score (nSPS) is 10.1. The van der Waals surface area contributed by atoms with Gasteiger partial charge >= 0.3 is 0 Å². The largest absolute Gasteiger partial charge is 0.366 e. The van der Waals surface area contributed by atoms with E-state index in [0.717, 1.165) is 0 Å². The summed E-state index contributed by atoms with van der Waals surface area (Å²) in [4.78, 5) is 19.3. The van der Waals surface area contributed by atoms with E-state index < -0.39 is 5.91 Å². The van der Waals surface area contributed by atoms with E-state index in [1.807, 2.05) is 0 Å². The molecule has 0 bridgehead atoms. The standard InChI is InChI=1S/C8H7BrN6O/c9-5-4(2-1-3-11-5)12-7(16)6-13-8(10)15-14-6/h1-3H,(H,12,16)(H3,10,13,14,15). The molecular weight excluding hydrogens is 276 g/mol. The number of carbonyl (C=O) groups is 1. The van der Waals surface area contributed by atoms with Crippen LogP contribution in [0.15, 0.2) is 22.9 Å². The predicted molar refractivity (Wildman–Crippen MR) is 60.7 cm³/mol. The van der Waals surface area contributed by atoms with Crippen molar-refractivity contribution in [2.45, 2.75) is 0 Å². The summed E-state index contributed by atoms with van der Waals surface area (Å²) < 4.78 is 0.538. The highest BCUT2D eigenvalue weighted by Crippen LogP contribution is 2.18. The van der Waals surface area contributed by atoms with Crippen molar-refractivity contribution < 1.29 is 4.79 Å². The van der Waals surface area contributed by atoms with Crippen LogP contribution in [-0.2, 0) is 0 Å². The van der Waals surface area contributed by atoms with Crippen molar-refractivity contribution in [3.63, 3.8) is 0 Å². The monoisotopic (exact) mass is 282 g/mol. The molecule has 82 valence electrons. The van der Waals surface area contributed by atoms with E-state index in [2.05, 4.69) is 41.4 Å². The van der Waals surface area contributed by atoms with Crippen LogP contribution in [-0.4, -0.2) is 26.1 Å². The topological polar surface area (TPSA) is 110 Å². The Hall–Kier alpha value is -1.96. The first-order valence-electron chi connectivity index (χ1n) is 4.26. The molecule has 0 aliphatic rings. The van der Waals surface area contributed by atoms with Crippen LogP contribution in [0.25, 0.3) is 0 Å².